The fourth-order valence-electron chi connectivity index (χ4n) is 2.54. The minimum Gasteiger partial charge on any atom is -0.496 e. The smallest absolute Gasteiger partial charge is 0.209 e. The van der Waals surface area contributed by atoms with Gasteiger partial charge in [-0.05, 0) is 32.0 Å². The highest BCUT2D eigenvalue weighted by molar-refractivity contribution is 5.72. The van der Waals surface area contributed by atoms with Gasteiger partial charge in [0.1, 0.15) is 11.3 Å². The second kappa shape index (κ2) is 6.20. The number of para-hydroxylation sites is 2. The van der Waals surface area contributed by atoms with E-state index in [1.807, 2.05) is 30.3 Å². The van der Waals surface area contributed by atoms with E-state index in [-0.39, 0.29) is 6.04 Å². The second-order valence-corrected chi connectivity index (χ2v) is 5.42. The van der Waals surface area contributed by atoms with E-state index in [1.54, 1.807) is 7.11 Å². The fraction of sp³-hybridized carbons (Fsp3) is 0.278. The average Bonchev–Trinajstić information content (AvgIpc) is 2.95. The predicted octanol–water partition coefficient (Wildman–Crippen LogP) is 4.00. The summed E-state index contributed by atoms with van der Waals surface area (Å²) in [7, 11) is 1.70. The topological polar surface area (TPSA) is 47.3 Å². The molecular weight excluding hydrogens is 276 g/mol. The summed E-state index contributed by atoms with van der Waals surface area (Å²) >= 11 is 0. The molecule has 0 fully saturated rings. The van der Waals surface area contributed by atoms with E-state index < -0.39 is 0 Å². The zero-order chi connectivity index (χ0) is 15.5. The van der Waals surface area contributed by atoms with E-state index in [1.165, 1.54) is 5.56 Å². The van der Waals surface area contributed by atoms with Crippen LogP contribution in [0, 0.1) is 6.92 Å². The maximum atomic E-state index is 5.73. The highest BCUT2D eigenvalue weighted by Gasteiger charge is 2.13. The third kappa shape index (κ3) is 2.97. The van der Waals surface area contributed by atoms with Crippen molar-refractivity contribution in [2.75, 3.05) is 7.11 Å². The van der Waals surface area contributed by atoms with Crippen molar-refractivity contribution >= 4 is 11.1 Å². The molecule has 0 saturated heterocycles. The summed E-state index contributed by atoms with van der Waals surface area (Å²) in [6, 6.07) is 14.1. The number of nitrogens with zero attached hydrogens (tertiary/aromatic N) is 1. The highest BCUT2D eigenvalue weighted by Crippen LogP contribution is 2.26. The van der Waals surface area contributed by atoms with Crippen molar-refractivity contribution in [1.82, 2.24) is 10.3 Å². The lowest BCUT2D eigenvalue weighted by Gasteiger charge is -2.17. The summed E-state index contributed by atoms with van der Waals surface area (Å²) in [4.78, 5) is 4.48. The third-order valence-corrected chi connectivity index (χ3v) is 3.75. The summed E-state index contributed by atoms with van der Waals surface area (Å²) < 4.78 is 11.2. The number of oxazole rings is 1. The van der Waals surface area contributed by atoms with Gasteiger partial charge in [0.05, 0.1) is 13.7 Å². The number of hydrogen-bond acceptors (Lipinski definition) is 4. The van der Waals surface area contributed by atoms with Gasteiger partial charge in [-0.15, -0.1) is 0 Å². The van der Waals surface area contributed by atoms with Crippen LogP contribution in [0.5, 0.6) is 5.75 Å². The normalized spacial score (nSPS) is 12.5. The first kappa shape index (κ1) is 14.6. The molecule has 0 radical (unpaired) electrons. The van der Waals surface area contributed by atoms with E-state index >= 15 is 0 Å². The molecule has 3 aromatic rings. The quantitative estimate of drug-likeness (QED) is 0.773. The molecule has 1 atom stereocenters. The first-order valence-electron chi connectivity index (χ1n) is 7.40. The number of nitrogens with one attached hydrogen (secondary N) is 1. The number of rotatable bonds is 5. The molecule has 0 aliphatic carbocycles. The fourth-order valence-corrected chi connectivity index (χ4v) is 2.54. The van der Waals surface area contributed by atoms with Crippen LogP contribution in [0.2, 0.25) is 0 Å². The van der Waals surface area contributed by atoms with Gasteiger partial charge in [-0.2, -0.15) is 0 Å². The van der Waals surface area contributed by atoms with E-state index in [2.05, 4.69) is 36.3 Å². The van der Waals surface area contributed by atoms with Crippen LogP contribution in [0.15, 0.2) is 46.9 Å². The van der Waals surface area contributed by atoms with E-state index in [9.17, 15) is 0 Å². The molecule has 1 N–H and O–H groups in total. The number of benzene rings is 2. The first-order valence-corrected chi connectivity index (χ1v) is 7.40. The molecular formula is C18H20N2O2. The van der Waals surface area contributed by atoms with Crippen molar-refractivity contribution in [2.24, 2.45) is 0 Å². The lowest BCUT2D eigenvalue weighted by Crippen LogP contribution is -2.19. The largest absolute Gasteiger partial charge is 0.496 e. The Labute approximate surface area is 130 Å². The molecule has 0 saturated carbocycles. The maximum absolute atomic E-state index is 5.73. The van der Waals surface area contributed by atoms with Crippen molar-refractivity contribution < 1.29 is 9.15 Å². The monoisotopic (exact) mass is 296 g/mol. The minimum absolute atomic E-state index is 0.143. The van der Waals surface area contributed by atoms with Gasteiger partial charge in [0.15, 0.2) is 5.58 Å². The van der Waals surface area contributed by atoms with Crippen LogP contribution < -0.4 is 10.1 Å². The van der Waals surface area contributed by atoms with E-state index in [0.29, 0.717) is 12.4 Å². The molecule has 0 amide bonds. The van der Waals surface area contributed by atoms with Gasteiger partial charge in [0.2, 0.25) is 5.89 Å². The van der Waals surface area contributed by atoms with Gasteiger partial charge < -0.3 is 14.5 Å². The number of aryl methyl sites for hydroxylation is 1. The summed E-state index contributed by atoms with van der Waals surface area (Å²) in [5, 5.41) is 3.44. The average molecular weight is 296 g/mol. The van der Waals surface area contributed by atoms with Crippen LogP contribution in [0.1, 0.15) is 30.0 Å². The molecule has 2 aromatic carbocycles. The van der Waals surface area contributed by atoms with Gasteiger partial charge in [0, 0.05) is 11.6 Å². The van der Waals surface area contributed by atoms with E-state index in [4.69, 9.17) is 9.15 Å². The Bertz CT molecular complexity index is 747. The Morgan fingerprint density at radius 3 is 2.82 bits per heavy atom. The molecule has 4 nitrogen and oxygen atoms in total. The molecule has 0 bridgehead atoms. The number of fused-ring (bicyclic) bond motifs is 1. The zero-order valence-corrected chi connectivity index (χ0v) is 13.1. The van der Waals surface area contributed by atoms with Crippen molar-refractivity contribution in [3.05, 3.63) is 59.5 Å². The number of ether oxygens (including phenoxy) is 1. The Hall–Kier alpha value is -2.33. The van der Waals surface area contributed by atoms with Crippen LogP contribution in [0.4, 0.5) is 0 Å². The predicted molar refractivity (Wildman–Crippen MR) is 87.0 cm³/mol. The maximum Gasteiger partial charge on any atom is 0.209 e. The van der Waals surface area contributed by atoms with Crippen molar-refractivity contribution in [3.63, 3.8) is 0 Å². The molecule has 1 heterocycles. The van der Waals surface area contributed by atoms with Crippen LogP contribution in [0.25, 0.3) is 11.1 Å². The lowest BCUT2D eigenvalue weighted by molar-refractivity contribution is 0.397. The Morgan fingerprint density at radius 2 is 2.05 bits per heavy atom. The van der Waals surface area contributed by atoms with Crippen LogP contribution in [-0.2, 0) is 6.54 Å². The SMILES string of the molecule is COc1ccc(C)cc1C(C)NCc1nc2ccccc2o1. The molecule has 3 rings (SSSR count). The Balaban J connectivity index is 1.74. The zero-order valence-electron chi connectivity index (χ0n) is 13.1. The highest BCUT2D eigenvalue weighted by atomic mass is 16.5. The molecule has 4 heteroatoms. The minimum atomic E-state index is 0.143. The van der Waals surface area contributed by atoms with Gasteiger partial charge in [0.25, 0.3) is 0 Å². The van der Waals surface area contributed by atoms with Gasteiger partial charge in [-0.25, -0.2) is 4.98 Å². The molecule has 0 aliphatic heterocycles. The van der Waals surface area contributed by atoms with Gasteiger partial charge in [-0.1, -0.05) is 29.8 Å². The summed E-state index contributed by atoms with van der Waals surface area (Å²) in [6.45, 7) is 4.77. The van der Waals surface area contributed by atoms with Gasteiger partial charge >= 0.3 is 0 Å². The van der Waals surface area contributed by atoms with Crippen molar-refractivity contribution in [2.45, 2.75) is 26.4 Å². The molecule has 0 aliphatic rings. The van der Waals surface area contributed by atoms with Crippen LogP contribution in [-0.4, -0.2) is 12.1 Å². The third-order valence-electron chi connectivity index (χ3n) is 3.75. The Morgan fingerprint density at radius 1 is 1.23 bits per heavy atom. The summed E-state index contributed by atoms with van der Waals surface area (Å²) in [5.74, 6) is 1.59. The number of methoxy groups -OCH3 is 1. The molecule has 1 aromatic heterocycles. The van der Waals surface area contributed by atoms with Crippen LogP contribution >= 0.6 is 0 Å². The molecule has 22 heavy (non-hydrogen) atoms. The second-order valence-electron chi connectivity index (χ2n) is 5.42. The summed E-state index contributed by atoms with van der Waals surface area (Å²) in [5.41, 5.74) is 4.06. The lowest BCUT2D eigenvalue weighted by atomic mass is 10.0. The van der Waals surface area contributed by atoms with Crippen molar-refractivity contribution in [1.29, 1.82) is 0 Å². The first-order chi connectivity index (χ1) is 10.7. The molecule has 1 unspecified atom stereocenters. The van der Waals surface area contributed by atoms with Crippen LogP contribution in [0.3, 0.4) is 0 Å². The standard InChI is InChI=1S/C18H20N2O2/c1-12-8-9-16(21-3)14(10-12)13(2)19-11-18-20-15-6-4-5-7-17(15)22-18/h4-10,13,19H,11H2,1-3H3. The van der Waals surface area contributed by atoms with Gasteiger partial charge in [-0.3, -0.25) is 0 Å². The summed E-state index contributed by atoms with van der Waals surface area (Å²) in [6.07, 6.45) is 0. The van der Waals surface area contributed by atoms with E-state index in [0.717, 1.165) is 22.4 Å². The Kier molecular flexibility index (Phi) is 4.11. The number of hydrogen-bond donors (Lipinski definition) is 1. The van der Waals surface area contributed by atoms with Crippen molar-refractivity contribution in [3.8, 4) is 5.75 Å². The molecule has 0 spiro atoms. The molecule has 114 valence electrons. The number of aromatic nitrogens is 1.